The lowest BCUT2D eigenvalue weighted by atomic mass is 9.87. The van der Waals surface area contributed by atoms with Crippen LogP contribution in [0.25, 0.3) is 0 Å². The molecule has 2 nitrogen and oxygen atoms in total. The molecule has 1 aromatic rings. The van der Waals surface area contributed by atoms with Gasteiger partial charge in [0, 0.05) is 35.2 Å². The second-order valence-electron chi connectivity index (χ2n) is 7.14. The fourth-order valence-corrected chi connectivity index (χ4v) is 4.11. The number of benzene rings is 1. The molecule has 1 spiro atoms. The molecule has 0 radical (unpaired) electrons. The molecule has 1 aliphatic carbocycles. The van der Waals surface area contributed by atoms with Gasteiger partial charge in [0.15, 0.2) is 0 Å². The molecule has 2 aliphatic rings. The molecule has 2 fully saturated rings. The van der Waals surface area contributed by atoms with E-state index < -0.39 is 0 Å². The summed E-state index contributed by atoms with van der Waals surface area (Å²) in [5.41, 5.74) is 2.03. The number of nitrogens with zero attached hydrogens (tertiary/aromatic N) is 1. The second kappa shape index (κ2) is 5.43. The molecule has 0 aromatic heterocycles. The van der Waals surface area contributed by atoms with Gasteiger partial charge in [0.05, 0.1) is 0 Å². The van der Waals surface area contributed by atoms with Crippen LogP contribution in [0, 0.1) is 0 Å². The van der Waals surface area contributed by atoms with Crippen molar-refractivity contribution in [1.29, 1.82) is 0 Å². The van der Waals surface area contributed by atoms with E-state index >= 15 is 0 Å². The Morgan fingerprint density at radius 3 is 2.70 bits per heavy atom. The Kier molecular flexibility index (Phi) is 3.95. The Morgan fingerprint density at radius 2 is 2.00 bits per heavy atom. The van der Waals surface area contributed by atoms with Crippen LogP contribution in [0.1, 0.15) is 45.1 Å². The highest BCUT2D eigenvalue weighted by molar-refractivity contribution is 9.10. The fourth-order valence-electron chi connectivity index (χ4n) is 3.66. The molecule has 1 aliphatic heterocycles. The number of hydrogen-bond donors (Lipinski definition) is 1. The van der Waals surface area contributed by atoms with Crippen molar-refractivity contribution in [3.8, 4) is 0 Å². The van der Waals surface area contributed by atoms with Crippen LogP contribution < -0.4 is 5.32 Å². The molecular formula is C17H25BrN2. The summed E-state index contributed by atoms with van der Waals surface area (Å²) < 4.78 is 1.18. The first-order valence-electron chi connectivity index (χ1n) is 7.74. The summed E-state index contributed by atoms with van der Waals surface area (Å²) in [7, 11) is 0. The molecule has 0 bridgehead atoms. The van der Waals surface area contributed by atoms with Crippen LogP contribution in [0.3, 0.4) is 0 Å². The average Bonchev–Trinajstić information content (AvgIpc) is 2.84. The lowest BCUT2D eigenvalue weighted by Crippen LogP contribution is -2.66. The number of piperazine rings is 1. The Hall–Kier alpha value is -0.380. The predicted octanol–water partition coefficient (Wildman–Crippen LogP) is 3.95. The molecule has 0 amide bonds. The Bertz CT molecular complexity index is 478. The molecule has 1 saturated heterocycles. The van der Waals surface area contributed by atoms with Crippen molar-refractivity contribution >= 4 is 15.9 Å². The maximum Gasteiger partial charge on any atom is 0.0309 e. The van der Waals surface area contributed by atoms with Gasteiger partial charge in [-0.15, -0.1) is 0 Å². The number of rotatable bonds is 2. The van der Waals surface area contributed by atoms with Crippen LogP contribution in [0.4, 0.5) is 0 Å². The molecule has 1 saturated carbocycles. The zero-order valence-electron chi connectivity index (χ0n) is 12.6. The summed E-state index contributed by atoms with van der Waals surface area (Å²) in [5.74, 6) is 0. The largest absolute Gasteiger partial charge is 0.308 e. The van der Waals surface area contributed by atoms with Gasteiger partial charge in [0.1, 0.15) is 0 Å². The van der Waals surface area contributed by atoms with Crippen molar-refractivity contribution in [2.24, 2.45) is 0 Å². The van der Waals surface area contributed by atoms with Crippen LogP contribution in [0.5, 0.6) is 0 Å². The Morgan fingerprint density at radius 1 is 1.25 bits per heavy atom. The molecule has 110 valence electrons. The van der Waals surface area contributed by atoms with Gasteiger partial charge in [-0.25, -0.2) is 0 Å². The summed E-state index contributed by atoms with van der Waals surface area (Å²) in [6.45, 7) is 8.06. The van der Waals surface area contributed by atoms with Gasteiger partial charge in [0.2, 0.25) is 0 Å². The van der Waals surface area contributed by atoms with Gasteiger partial charge in [-0.05, 0) is 44.4 Å². The van der Waals surface area contributed by atoms with Crippen molar-refractivity contribution < 1.29 is 0 Å². The number of nitrogens with one attached hydrogen (secondary N) is 1. The summed E-state index contributed by atoms with van der Waals surface area (Å²) in [4.78, 5) is 2.68. The van der Waals surface area contributed by atoms with Gasteiger partial charge in [-0.2, -0.15) is 0 Å². The van der Waals surface area contributed by atoms with Crippen molar-refractivity contribution in [2.45, 2.75) is 57.2 Å². The Balaban J connectivity index is 1.78. The summed E-state index contributed by atoms with van der Waals surface area (Å²) in [6.07, 6.45) is 5.46. The predicted molar refractivity (Wildman–Crippen MR) is 87.8 cm³/mol. The maximum atomic E-state index is 3.86. The Labute approximate surface area is 131 Å². The third kappa shape index (κ3) is 2.95. The molecule has 1 heterocycles. The van der Waals surface area contributed by atoms with E-state index in [1.807, 2.05) is 0 Å². The lowest BCUT2D eigenvalue weighted by molar-refractivity contribution is 0.0217. The van der Waals surface area contributed by atoms with E-state index in [9.17, 15) is 0 Å². The summed E-state index contributed by atoms with van der Waals surface area (Å²) in [6, 6.07) is 8.73. The minimum absolute atomic E-state index is 0.232. The van der Waals surface area contributed by atoms with Crippen LogP contribution in [0.15, 0.2) is 28.7 Å². The second-order valence-corrected chi connectivity index (χ2v) is 8.06. The molecule has 1 aromatic carbocycles. The minimum Gasteiger partial charge on any atom is -0.308 e. The third-order valence-corrected chi connectivity index (χ3v) is 5.56. The van der Waals surface area contributed by atoms with Crippen molar-refractivity contribution in [1.82, 2.24) is 10.2 Å². The smallest absolute Gasteiger partial charge is 0.0309 e. The first kappa shape index (κ1) is 14.6. The van der Waals surface area contributed by atoms with Crippen molar-refractivity contribution in [3.63, 3.8) is 0 Å². The van der Waals surface area contributed by atoms with E-state index in [-0.39, 0.29) is 5.54 Å². The van der Waals surface area contributed by atoms with Crippen molar-refractivity contribution in [2.75, 3.05) is 13.1 Å². The van der Waals surface area contributed by atoms with Gasteiger partial charge in [0.25, 0.3) is 0 Å². The zero-order valence-corrected chi connectivity index (χ0v) is 14.2. The third-order valence-electron chi connectivity index (χ3n) is 5.07. The van der Waals surface area contributed by atoms with Crippen LogP contribution in [-0.4, -0.2) is 29.1 Å². The van der Waals surface area contributed by atoms with E-state index in [4.69, 9.17) is 0 Å². The van der Waals surface area contributed by atoms with Crippen LogP contribution >= 0.6 is 15.9 Å². The van der Waals surface area contributed by atoms with E-state index in [1.165, 1.54) is 42.3 Å². The molecule has 0 unspecified atom stereocenters. The van der Waals surface area contributed by atoms with Crippen LogP contribution in [0.2, 0.25) is 0 Å². The van der Waals surface area contributed by atoms with E-state index in [0.717, 1.165) is 13.1 Å². The molecule has 3 rings (SSSR count). The monoisotopic (exact) mass is 336 g/mol. The molecule has 3 heteroatoms. The van der Waals surface area contributed by atoms with E-state index in [0.29, 0.717) is 5.54 Å². The first-order valence-corrected chi connectivity index (χ1v) is 8.53. The average molecular weight is 337 g/mol. The maximum absolute atomic E-state index is 3.86. The van der Waals surface area contributed by atoms with E-state index in [2.05, 4.69) is 64.3 Å². The van der Waals surface area contributed by atoms with E-state index in [1.54, 1.807) is 0 Å². The lowest BCUT2D eigenvalue weighted by Gasteiger charge is -2.51. The quantitative estimate of drug-likeness (QED) is 0.879. The van der Waals surface area contributed by atoms with Crippen molar-refractivity contribution in [3.05, 3.63) is 34.3 Å². The molecule has 1 N–H and O–H groups in total. The highest BCUT2D eigenvalue weighted by Gasteiger charge is 2.43. The van der Waals surface area contributed by atoms with Gasteiger partial charge < -0.3 is 5.32 Å². The molecular weight excluding hydrogens is 312 g/mol. The van der Waals surface area contributed by atoms with Gasteiger partial charge in [-0.3, -0.25) is 4.90 Å². The highest BCUT2D eigenvalue weighted by atomic mass is 79.9. The standard InChI is InChI=1S/C17H25BrN2/c1-16(2)12-19-17(8-3-4-9-17)13-20(16)11-14-6-5-7-15(18)10-14/h5-7,10,19H,3-4,8-9,11-13H2,1-2H3. The molecule has 20 heavy (non-hydrogen) atoms. The summed E-state index contributed by atoms with van der Waals surface area (Å²) in [5, 5.41) is 3.86. The SMILES string of the molecule is CC1(C)CNC2(CCCC2)CN1Cc1cccc(Br)c1. The zero-order chi connectivity index (χ0) is 14.2. The first-order chi connectivity index (χ1) is 9.49. The fraction of sp³-hybridized carbons (Fsp3) is 0.647. The summed E-state index contributed by atoms with van der Waals surface area (Å²) >= 11 is 3.58. The topological polar surface area (TPSA) is 15.3 Å². The number of halogens is 1. The highest BCUT2D eigenvalue weighted by Crippen LogP contribution is 2.36. The normalized spacial score (nSPS) is 25.1. The van der Waals surface area contributed by atoms with Crippen LogP contribution in [-0.2, 0) is 6.54 Å². The molecule has 0 atom stereocenters. The van der Waals surface area contributed by atoms with Gasteiger partial charge in [-0.1, -0.05) is 40.9 Å². The number of hydrogen-bond acceptors (Lipinski definition) is 2. The van der Waals surface area contributed by atoms with Gasteiger partial charge >= 0.3 is 0 Å². The minimum atomic E-state index is 0.232.